The highest BCUT2D eigenvalue weighted by Gasteiger charge is 2.31. The molecule has 0 aliphatic carbocycles. The van der Waals surface area contributed by atoms with Crippen molar-refractivity contribution in [1.82, 2.24) is 9.47 Å². The molecule has 23 heavy (non-hydrogen) atoms. The van der Waals surface area contributed by atoms with Crippen LogP contribution in [0.4, 0.5) is 0 Å². The highest BCUT2D eigenvalue weighted by Crippen LogP contribution is 2.37. The van der Waals surface area contributed by atoms with Crippen molar-refractivity contribution < 1.29 is 9.53 Å². The predicted molar refractivity (Wildman–Crippen MR) is 99.7 cm³/mol. The molecule has 1 aliphatic heterocycles. The number of rotatable bonds is 4. The molecule has 0 bridgehead atoms. The molecule has 3 rings (SSSR count). The van der Waals surface area contributed by atoms with Crippen molar-refractivity contribution in [2.45, 2.75) is 20.4 Å². The lowest BCUT2D eigenvalue weighted by molar-refractivity contribution is -0.121. The molecule has 0 atom stereocenters. The van der Waals surface area contributed by atoms with Gasteiger partial charge in [0.15, 0.2) is 0 Å². The third-order valence-corrected chi connectivity index (χ3v) is 5.31. The van der Waals surface area contributed by atoms with E-state index >= 15 is 0 Å². The van der Waals surface area contributed by atoms with Gasteiger partial charge in [-0.3, -0.25) is 9.69 Å². The van der Waals surface area contributed by atoms with Crippen LogP contribution in [0.2, 0.25) is 0 Å². The maximum absolute atomic E-state index is 12.5. The third-order valence-electron chi connectivity index (χ3n) is 3.94. The van der Waals surface area contributed by atoms with Crippen LogP contribution in [0.25, 0.3) is 16.8 Å². The van der Waals surface area contributed by atoms with E-state index in [0.717, 1.165) is 28.9 Å². The standard InChI is InChI=1S/C17H18N2O2S2/c1-4-18-13(10-14-15(20)19(5-2)17(22)23-14)11-8-6-7-9-12(11)16(18)21-3/h6-10H,4-5H2,1-3H3. The number of thioether (sulfide) groups is 1. The topological polar surface area (TPSA) is 34.5 Å². The molecule has 0 spiro atoms. The van der Waals surface area contributed by atoms with Crippen molar-refractivity contribution in [2.24, 2.45) is 0 Å². The minimum Gasteiger partial charge on any atom is -0.482 e. The number of aromatic nitrogens is 1. The van der Waals surface area contributed by atoms with E-state index < -0.39 is 0 Å². The van der Waals surface area contributed by atoms with Crippen molar-refractivity contribution in [3.05, 3.63) is 34.9 Å². The van der Waals surface area contributed by atoms with Crippen LogP contribution in [-0.4, -0.2) is 33.3 Å². The first-order chi connectivity index (χ1) is 11.1. The highest BCUT2D eigenvalue weighted by molar-refractivity contribution is 8.26. The van der Waals surface area contributed by atoms with Gasteiger partial charge in [0, 0.05) is 23.9 Å². The van der Waals surface area contributed by atoms with Crippen molar-refractivity contribution in [2.75, 3.05) is 13.7 Å². The molecule has 1 aliphatic rings. The molecule has 2 heterocycles. The number of nitrogens with zero attached hydrogens (tertiary/aromatic N) is 2. The first-order valence-corrected chi connectivity index (χ1v) is 8.75. The van der Waals surface area contributed by atoms with Gasteiger partial charge in [-0.1, -0.05) is 42.2 Å². The van der Waals surface area contributed by atoms with Gasteiger partial charge < -0.3 is 9.30 Å². The molecule has 120 valence electrons. The molecule has 0 unspecified atom stereocenters. The predicted octanol–water partition coefficient (Wildman–Crippen LogP) is 3.89. The van der Waals surface area contributed by atoms with Gasteiger partial charge in [0.1, 0.15) is 4.32 Å². The molecule has 0 saturated carbocycles. The van der Waals surface area contributed by atoms with Crippen molar-refractivity contribution in [1.29, 1.82) is 0 Å². The summed E-state index contributed by atoms with van der Waals surface area (Å²) in [5, 5.41) is 2.13. The quantitative estimate of drug-likeness (QED) is 0.621. The van der Waals surface area contributed by atoms with Gasteiger partial charge in [-0.2, -0.15) is 0 Å². The maximum Gasteiger partial charge on any atom is 0.266 e. The summed E-state index contributed by atoms with van der Waals surface area (Å²) >= 11 is 6.65. The van der Waals surface area contributed by atoms with E-state index in [0.29, 0.717) is 15.8 Å². The summed E-state index contributed by atoms with van der Waals surface area (Å²) in [5.41, 5.74) is 0.983. The number of fused-ring (bicyclic) bond motifs is 1. The van der Waals surface area contributed by atoms with Crippen LogP contribution in [0, 0.1) is 0 Å². The molecule has 4 nitrogen and oxygen atoms in total. The van der Waals surface area contributed by atoms with E-state index in [9.17, 15) is 4.79 Å². The monoisotopic (exact) mass is 346 g/mol. The summed E-state index contributed by atoms with van der Waals surface area (Å²) in [6.45, 7) is 5.36. The second-order valence-corrected chi connectivity index (χ2v) is 6.79. The van der Waals surface area contributed by atoms with Crippen LogP contribution in [0.15, 0.2) is 29.2 Å². The zero-order valence-electron chi connectivity index (χ0n) is 13.3. The smallest absolute Gasteiger partial charge is 0.266 e. The summed E-state index contributed by atoms with van der Waals surface area (Å²) < 4.78 is 8.30. The van der Waals surface area contributed by atoms with Gasteiger partial charge in [0.2, 0.25) is 5.88 Å². The zero-order valence-corrected chi connectivity index (χ0v) is 15.0. The Bertz CT molecular complexity index is 823. The molecule has 0 radical (unpaired) electrons. The van der Waals surface area contributed by atoms with E-state index in [1.54, 1.807) is 12.0 Å². The average molecular weight is 346 g/mol. The fourth-order valence-electron chi connectivity index (χ4n) is 2.88. The van der Waals surface area contributed by atoms with Gasteiger partial charge in [-0.15, -0.1) is 0 Å². The third kappa shape index (κ3) is 2.56. The first kappa shape index (κ1) is 16.1. The summed E-state index contributed by atoms with van der Waals surface area (Å²) in [6, 6.07) is 8.08. The normalized spacial score (nSPS) is 16.8. The largest absolute Gasteiger partial charge is 0.482 e. The van der Waals surface area contributed by atoms with E-state index in [-0.39, 0.29) is 5.91 Å². The number of amides is 1. The number of hydrogen-bond acceptors (Lipinski definition) is 4. The van der Waals surface area contributed by atoms with E-state index in [4.69, 9.17) is 17.0 Å². The summed E-state index contributed by atoms with van der Waals surface area (Å²) in [7, 11) is 1.67. The van der Waals surface area contributed by atoms with E-state index in [1.807, 2.05) is 31.2 Å². The lowest BCUT2D eigenvalue weighted by Crippen LogP contribution is -2.27. The molecule has 1 saturated heterocycles. The second kappa shape index (κ2) is 6.37. The van der Waals surface area contributed by atoms with Crippen LogP contribution in [0.5, 0.6) is 5.88 Å². The van der Waals surface area contributed by atoms with Crippen molar-refractivity contribution in [3.8, 4) is 5.88 Å². The summed E-state index contributed by atoms with van der Waals surface area (Å²) in [6.07, 6.45) is 1.93. The number of methoxy groups -OCH3 is 1. The summed E-state index contributed by atoms with van der Waals surface area (Å²) in [4.78, 5) is 14.8. The van der Waals surface area contributed by atoms with Crippen molar-refractivity contribution >= 4 is 51.1 Å². The molecule has 6 heteroatoms. The van der Waals surface area contributed by atoms with E-state index in [2.05, 4.69) is 17.6 Å². The number of carbonyl (C=O) groups excluding carboxylic acids is 1. The van der Waals surface area contributed by atoms with Crippen LogP contribution >= 0.6 is 24.0 Å². The van der Waals surface area contributed by atoms with Crippen LogP contribution < -0.4 is 4.74 Å². The van der Waals surface area contributed by atoms with E-state index in [1.165, 1.54) is 11.8 Å². The first-order valence-electron chi connectivity index (χ1n) is 7.52. The van der Waals surface area contributed by atoms with Crippen LogP contribution in [0.3, 0.4) is 0 Å². The Morgan fingerprint density at radius 3 is 2.48 bits per heavy atom. The molecule has 1 aromatic heterocycles. The SMILES string of the molecule is CCN1C(=O)C(=Cc2c3ccccc3c(OC)n2CC)SC1=S. The molecule has 1 aromatic carbocycles. The minimum atomic E-state index is -0.0191. The van der Waals surface area contributed by atoms with Crippen LogP contribution in [0.1, 0.15) is 19.5 Å². The lowest BCUT2D eigenvalue weighted by atomic mass is 10.1. The van der Waals surface area contributed by atoms with Crippen molar-refractivity contribution in [3.63, 3.8) is 0 Å². The Labute approximate surface area is 145 Å². The second-order valence-electron chi connectivity index (χ2n) is 5.11. The highest BCUT2D eigenvalue weighted by atomic mass is 32.2. The fraction of sp³-hybridized carbons (Fsp3) is 0.294. The number of likely N-dealkylation sites (N-methyl/N-ethyl adjacent to an activating group) is 1. The molecular weight excluding hydrogens is 328 g/mol. The Morgan fingerprint density at radius 2 is 1.91 bits per heavy atom. The molecule has 1 amide bonds. The lowest BCUT2D eigenvalue weighted by Gasteiger charge is -2.10. The minimum absolute atomic E-state index is 0.0191. The number of carbonyl (C=O) groups is 1. The van der Waals surface area contributed by atoms with Gasteiger partial charge in [-0.25, -0.2) is 0 Å². The summed E-state index contributed by atoms with van der Waals surface area (Å²) in [5.74, 6) is 0.801. The van der Waals surface area contributed by atoms with Gasteiger partial charge in [0.05, 0.1) is 17.7 Å². The molecule has 1 fully saturated rings. The zero-order chi connectivity index (χ0) is 16.6. The van der Waals surface area contributed by atoms with Gasteiger partial charge >= 0.3 is 0 Å². The average Bonchev–Trinajstić information content (AvgIpc) is 3.01. The number of hydrogen-bond donors (Lipinski definition) is 0. The van der Waals surface area contributed by atoms with Gasteiger partial charge in [-0.05, 0) is 26.0 Å². The molecule has 0 N–H and O–H groups in total. The molecule has 2 aromatic rings. The van der Waals surface area contributed by atoms with Crippen LogP contribution in [-0.2, 0) is 11.3 Å². The fourth-order valence-corrected chi connectivity index (χ4v) is 4.24. The van der Waals surface area contributed by atoms with Gasteiger partial charge in [0.25, 0.3) is 5.91 Å². The Kier molecular flexibility index (Phi) is 4.46. The Morgan fingerprint density at radius 1 is 1.22 bits per heavy atom. The number of ether oxygens (including phenoxy) is 1. The Hall–Kier alpha value is -1.79. The Balaban J connectivity index is 2.19. The number of benzene rings is 1. The number of thiocarbonyl (C=S) groups is 1. The molecular formula is C17H18N2O2S2. The maximum atomic E-state index is 12.5.